The fourth-order valence-electron chi connectivity index (χ4n) is 1.96. The Kier molecular flexibility index (Phi) is 1.82. The SMILES string of the molecule is O=C1C=CN=C2C1=Cc1cc([N+](=O)[O-])ccc12. The van der Waals surface area contributed by atoms with E-state index in [1.165, 1.54) is 24.4 Å². The van der Waals surface area contributed by atoms with Crippen molar-refractivity contribution in [2.24, 2.45) is 4.99 Å². The number of hydrogen-bond donors (Lipinski definition) is 0. The van der Waals surface area contributed by atoms with E-state index >= 15 is 0 Å². The predicted molar refractivity (Wildman–Crippen MR) is 61.8 cm³/mol. The molecular formula is C12H6N2O3. The van der Waals surface area contributed by atoms with Crippen molar-refractivity contribution in [3.63, 3.8) is 0 Å². The molecule has 2 aliphatic rings. The summed E-state index contributed by atoms with van der Waals surface area (Å²) in [6.45, 7) is 0. The van der Waals surface area contributed by atoms with Gasteiger partial charge in [0.15, 0.2) is 5.78 Å². The first-order valence-corrected chi connectivity index (χ1v) is 4.96. The van der Waals surface area contributed by atoms with Crippen LogP contribution in [0.2, 0.25) is 0 Å². The first-order valence-electron chi connectivity index (χ1n) is 4.96. The summed E-state index contributed by atoms with van der Waals surface area (Å²) in [5.41, 5.74) is 2.55. The summed E-state index contributed by atoms with van der Waals surface area (Å²) in [5.74, 6) is -0.117. The predicted octanol–water partition coefficient (Wildman–Crippen LogP) is 1.88. The number of benzene rings is 1. The Balaban J connectivity index is 2.19. The zero-order chi connectivity index (χ0) is 12.0. The first-order chi connectivity index (χ1) is 8.16. The van der Waals surface area contributed by atoms with Gasteiger partial charge in [-0.15, -0.1) is 0 Å². The Morgan fingerprint density at radius 3 is 2.88 bits per heavy atom. The third-order valence-corrected chi connectivity index (χ3v) is 2.75. The summed E-state index contributed by atoms with van der Waals surface area (Å²) in [6.07, 6.45) is 4.48. The molecule has 0 aromatic heterocycles. The maximum Gasteiger partial charge on any atom is 0.270 e. The van der Waals surface area contributed by atoms with Gasteiger partial charge in [-0.05, 0) is 17.7 Å². The third-order valence-electron chi connectivity index (χ3n) is 2.75. The molecule has 0 saturated carbocycles. The molecule has 0 bridgehead atoms. The second-order valence-corrected chi connectivity index (χ2v) is 3.74. The van der Waals surface area contributed by atoms with Gasteiger partial charge in [0.2, 0.25) is 0 Å². The van der Waals surface area contributed by atoms with Crippen LogP contribution in [0.15, 0.2) is 41.0 Å². The normalized spacial score (nSPS) is 16.1. The molecule has 0 spiro atoms. The lowest BCUT2D eigenvalue weighted by atomic mass is 10.0. The smallest absolute Gasteiger partial charge is 0.270 e. The number of rotatable bonds is 1. The van der Waals surface area contributed by atoms with E-state index in [9.17, 15) is 14.9 Å². The zero-order valence-corrected chi connectivity index (χ0v) is 8.58. The highest BCUT2D eigenvalue weighted by Crippen LogP contribution is 2.31. The van der Waals surface area contributed by atoms with Gasteiger partial charge in [-0.1, -0.05) is 0 Å². The Hall–Kier alpha value is -2.56. The van der Waals surface area contributed by atoms with E-state index in [0.717, 1.165) is 5.56 Å². The number of fused-ring (bicyclic) bond motifs is 3. The van der Waals surface area contributed by atoms with Crippen molar-refractivity contribution in [2.45, 2.75) is 0 Å². The van der Waals surface area contributed by atoms with Crippen LogP contribution in [0.4, 0.5) is 5.69 Å². The molecule has 3 rings (SSSR count). The van der Waals surface area contributed by atoms with Crippen LogP contribution in [0.5, 0.6) is 0 Å². The maximum absolute atomic E-state index is 11.6. The summed E-state index contributed by atoms with van der Waals surface area (Å²) in [4.78, 5) is 25.9. The molecule has 0 N–H and O–H groups in total. The summed E-state index contributed by atoms with van der Waals surface area (Å²) >= 11 is 0. The highest BCUT2D eigenvalue weighted by Gasteiger charge is 2.27. The van der Waals surface area contributed by atoms with Crippen LogP contribution in [-0.4, -0.2) is 16.4 Å². The number of nitro benzene ring substituents is 1. The van der Waals surface area contributed by atoms with Crippen LogP contribution in [0.25, 0.3) is 6.08 Å². The highest BCUT2D eigenvalue weighted by molar-refractivity contribution is 6.38. The molecule has 0 saturated heterocycles. The largest absolute Gasteiger partial charge is 0.289 e. The summed E-state index contributed by atoms with van der Waals surface area (Å²) in [7, 11) is 0. The van der Waals surface area contributed by atoms with E-state index in [2.05, 4.69) is 4.99 Å². The number of nitro groups is 1. The average Bonchev–Trinajstić information content (AvgIpc) is 2.68. The number of carbonyl (C=O) groups excluding carboxylic acids is 1. The van der Waals surface area contributed by atoms with Gasteiger partial charge in [-0.25, -0.2) is 0 Å². The van der Waals surface area contributed by atoms with Crippen molar-refractivity contribution >= 4 is 23.3 Å². The topological polar surface area (TPSA) is 72.6 Å². The van der Waals surface area contributed by atoms with E-state index in [1.807, 2.05) is 0 Å². The van der Waals surface area contributed by atoms with E-state index in [4.69, 9.17) is 0 Å². The van der Waals surface area contributed by atoms with Crippen LogP contribution in [0.1, 0.15) is 11.1 Å². The number of allylic oxidation sites excluding steroid dienone is 2. The van der Waals surface area contributed by atoms with Crippen LogP contribution in [0, 0.1) is 10.1 Å². The minimum Gasteiger partial charge on any atom is -0.289 e. The van der Waals surface area contributed by atoms with Gasteiger partial charge < -0.3 is 0 Å². The zero-order valence-electron chi connectivity index (χ0n) is 8.58. The summed E-state index contributed by atoms with van der Waals surface area (Å²) in [5, 5.41) is 10.7. The number of ketones is 1. The van der Waals surface area contributed by atoms with E-state index in [-0.39, 0.29) is 11.5 Å². The minimum atomic E-state index is -0.456. The van der Waals surface area contributed by atoms with Gasteiger partial charge in [-0.2, -0.15) is 0 Å². The minimum absolute atomic E-state index is 0.0141. The second-order valence-electron chi connectivity index (χ2n) is 3.74. The summed E-state index contributed by atoms with van der Waals surface area (Å²) < 4.78 is 0. The van der Waals surface area contributed by atoms with Gasteiger partial charge in [0, 0.05) is 35.5 Å². The Bertz CT molecular complexity index is 654. The van der Waals surface area contributed by atoms with Crippen molar-refractivity contribution in [3.05, 3.63) is 57.3 Å². The average molecular weight is 226 g/mol. The molecule has 0 radical (unpaired) electrons. The molecule has 1 aliphatic carbocycles. The number of non-ortho nitro benzene ring substituents is 1. The molecule has 1 aromatic carbocycles. The quantitative estimate of drug-likeness (QED) is 0.542. The van der Waals surface area contributed by atoms with Crippen LogP contribution < -0.4 is 0 Å². The van der Waals surface area contributed by atoms with Gasteiger partial charge >= 0.3 is 0 Å². The van der Waals surface area contributed by atoms with Gasteiger partial charge in [0.05, 0.1) is 10.6 Å². The van der Waals surface area contributed by atoms with Crippen molar-refractivity contribution in [1.29, 1.82) is 0 Å². The molecule has 17 heavy (non-hydrogen) atoms. The van der Waals surface area contributed by atoms with Crippen molar-refractivity contribution in [1.82, 2.24) is 0 Å². The van der Waals surface area contributed by atoms with Crippen molar-refractivity contribution in [2.75, 3.05) is 0 Å². The lowest BCUT2D eigenvalue weighted by molar-refractivity contribution is -0.384. The molecule has 1 heterocycles. The molecule has 0 unspecified atom stereocenters. The molecule has 0 fully saturated rings. The van der Waals surface area contributed by atoms with Crippen LogP contribution in [-0.2, 0) is 4.79 Å². The van der Waals surface area contributed by atoms with Crippen molar-refractivity contribution < 1.29 is 9.72 Å². The first kappa shape index (κ1) is 9.65. The van der Waals surface area contributed by atoms with E-state index in [1.54, 1.807) is 12.1 Å². The van der Waals surface area contributed by atoms with E-state index < -0.39 is 4.92 Å². The Morgan fingerprint density at radius 1 is 1.29 bits per heavy atom. The molecule has 0 atom stereocenters. The number of aliphatic imine (C=N–C) groups is 1. The molecule has 0 amide bonds. The molecule has 82 valence electrons. The van der Waals surface area contributed by atoms with Crippen LogP contribution >= 0.6 is 0 Å². The number of carbonyl (C=O) groups is 1. The molecule has 5 heteroatoms. The van der Waals surface area contributed by atoms with E-state index in [0.29, 0.717) is 16.8 Å². The standard InChI is InChI=1S/C12H6N2O3/c15-11-3-4-13-12-9-2-1-8(14(16)17)5-7(9)6-10(11)12/h1-6H. The number of hydrogen-bond acceptors (Lipinski definition) is 4. The molecule has 5 nitrogen and oxygen atoms in total. The van der Waals surface area contributed by atoms with Gasteiger partial charge in [0.1, 0.15) is 0 Å². The second kappa shape index (κ2) is 3.21. The summed E-state index contributed by atoms with van der Waals surface area (Å²) in [6, 6.07) is 4.50. The Labute approximate surface area is 95.9 Å². The lowest BCUT2D eigenvalue weighted by Crippen LogP contribution is -2.11. The van der Waals surface area contributed by atoms with Gasteiger partial charge in [-0.3, -0.25) is 19.9 Å². The van der Waals surface area contributed by atoms with Gasteiger partial charge in [0.25, 0.3) is 5.69 Å². The maximum atomic E-state index is 11.6. The molecular weight excluding hydrogens is 220 g/mol. The lowest BCUT2D eigenvalue weighted by Gasteiger charge is -2.05. The fraction of sp³-hybridized carbons (Fsp3) is 0. The monoisotopic (exact) mass is 226 g/mol. The number of nitrogens with zero attached hydrogens (tertiary/aromatic N) is 2. The molecule has 1 aromatic rings. The molecule has 1 aliphatic heterocycles. The Morgan fingerprint density at radius 2 is 2.12 bits per heavy atom. The van der Waals surface area contributed by atoms with Crippen LogP contribution in [0.3, 0.4) is 0 Å². The fourth-order valence-corrected chi connectivity index (χ4v) is 1.96. The highest BCUT2D eigenvalue weighted by atomic mass is 16.6. The third kappa shape index (κ3) is 1.32. The van der Waals surface area contributed by atoms with Crippen molar-refractivity contribution in [3.8, 4) is 0 Å².